The van der Waals surface area contributed by atoms with E-state index in [0.29, 0.717) is 23.8 Å². The van der Waals surface area contributed by atoms with Crippen LogP contribution in [0.1, 0.15) is 17.3 Å². The molecule has 0 aliphatic rings. The second-order valence-electron chi connectivity index (χ2n) is 5.54. The largest absolute Gasteiger partial charge is 0.484 e. The quantitative estimate of drug-likeness (QED) is 0.644. The molecular weight excluding hydrogens is 400 g/mol. The van der Waals surface area contributed by atoms with Gasteiger partial charge < -0.3 is 15.0 Å². The Morgan fingerprint density at radius 2 is 2.08 bits per heavy atom. The van der Waals surface area contributed by atoms with Crippen molar-refractivity contribution in [2.75, 3.05) is 11.9 Å². The molecule has 0 bridgehead atoms. The fourth-order valence-electron chi connectivity index (χ4n) is 2.57. The molecule has 0 aliphatic heterocycles. The van der Waals surface area contributed by atoms with Gasteiger partial charge in [-0.25, -0.2) is 4.98 Å². The number of aryl methyl sites for hydroxylation is 1. The first kappa shape index (κ1) is 17.9. The molecule has 134 valence electrons. The number of ether oxygens (including phenoxy) is 1. The first-order valence-electron chi connectivity index (χ1n) is 7.96. The van der Waals surface area contributed by atoms with Crippen LogP contribution in [0.15, 0.2) is 46.9 Å². The second kappa shape index (κ2) is 7.57. The third-order valence-corrected chi connectivity index (χ3v) is 4.26. The van der Waals surface area contributed by atoms with Crippen molar-refractivity contribution in [2.24, 2.45) is 5.73 Å². The number of halogens is 1. The van der Waals surface area contributed by atoms with Crippen LogP contribution in [0.2, 0.25) is 0 Å². The fourth-order valence-corrected chi connectivity index (χ4v) is 2.92. The Balaban J connectivity index is 1.71. The standard InChI is InChI=1S/C18H17BrN4O3/c1-2-23-15-7-6-12(19)9-14(15)21-18(23)22-16(24)10-26-13-5-3-4-11(8-13)17(20)25/h3-9H,2,10H2,1H3,(H2,20,25)(H,21,22,24). The predicted molar refractivity (Wildman–Crippen MR) is 102 cm³/mol. The molecule has 0 aliphatic carbocycles. The van der Waals surface area contributed by atoms with Gasteiger partial charge in [0.1, 0.15) is 5.75 Å². The predicted octanol–water partition coefficient (Wildman–Crippen LogP) is 2.94. The van der Waals surface area contributed by atoms with Crippen molar-refractivity contribution in [3.63, 3.8) is 0 Å². The number of fused-ring (bicyclic) bond motifs is 1. The first-order valence-corrected chi connectivity index (χ1v) is 8.75. The zero-order chi connectivity index (χ0) is 18.7. The number of primary amides is 1. The molecule has 0 unspecified atom stereocenters. The van der Waals surface area contributed by atoms with E-state index in [-0.39, 0.29) is 12.5 Å². The number of hydrogen-bond donors (Lipinski definition) is 2. The van der Waals surface area contributed by atoms with Crippen LogP contribution in [-0.4, -0.2) is 28.0 Å². The van der Waals surface area contributed by atoms with Gasteiger partial charge in [-0.15, -0.1) is 0 Å². The summed E-state index contributed by atoms with van der Waals surface area (Å²) in [6.07, 6.45) is 0. The lowest BCUT2D eigenvalue weighted by Crippen LogP contribution is -2.22. The number of imidazole rings is 1. The number of amides is 2. The van der Waals surface area contributed by atoms with Gasteiger partial charge in [-0.3, -0.25) is 14.9 Å². The van der Waals surface area contributed by atoms with Crippen LogP contribution >= 0.6 is 15.9 Å². The lowest BCUT2D eigenvalue weighted by Gasteiger charge is -2.09. The second-order valence-corrected chi connectivity index (χ2v) is 6.46. The molecule has 0 saturated heterocycles. The lowest BCUT2D eigenvalue weighted by atomic mass is 10.2. The molecule has 2 aromatic carbocycles. The molecule has 0 spiro atoms. The average molecular weight is 417 g/mol. The van der Waals surface area contributed by atoms with Gasteiger partial charge in [0.2, 0.25) is 11.9 Å². The van der Waals surface area contributed by atoms with Crippen molar-refractivity contribution in [3.8, 4) is 5.75 Å². The minimum atomic E-state index is -0.553. The van der Waals surface area contributed by atoms with E-state index in [1.807, 2.05) is 29.7 Å². The van der Waals surface area contributed by atoms with Gasteiger partial charge in [0, 0.05) is 16.6 Å². The molecule has 1 aromatic heterocycles. The molecular formula is C18H17BrN4O3. The van der Waals surface area contributed by atoms with Gasteiger partial charge in [0.05, 0.1) is 11.0 Å². The number of carbonyl (C=O) groups is 2. The molecule has 2 amide bonds. The van der Waals surface area contributed by atoms with E-state index >= 15 is 0 Å². The van der Waals surface area contributed by atoms with E-state index in [4.69, 9.17) is 10.5 Å². The number of aromatic nitrogens is 2. The van der Waals surface area contributed by atoms with Gasteiger partial charge in [-0.2, -0.15) is 0 Å². The lowest BCUT2D eigenvalue weighted by molar-refractivity contribution is -0.118. The Hall–Kier alpha value is -2.87. The summed E-state index contributed by atoms with van der Waals surface area (Å²) in [7, 11) is 0. The summed E-state index contributed by atoms with van der Waals surface area (Å²) in [5.41, 5.74) is 7.27. The molecule has 1 heterocycles. The summed E-state index contributed by atoms with van der Waals surface area (Å²) < 4.78 is 8.26. The zero-order valence-electron chi connectivity index (χ0n) is 14.0. The van der Waals surface area contributed by atoms with E-state index in [1.165, 1.54) is 6.07 Å². The van der Waals surface area contributed by atoms with E-state index in [1.54, 1.807) is 18.2 Å². The highest BCUT2D eigenvalue weighted by Crippen LogP contribution is 2.23. The van der Waals surface area contributed by atoms with Gasteiger partial charge in [-0.1, -0.05) is 22.0 Å². The number of nitrogens with zero attached hydrogens (tertiary/aromatic N) is 2. The van der Waals surface area contributed by atoms with Crippen LogP contribution in [0.4, 0.5) is 5.95 Å². The number of rotatable bonds is 6. The van der Waals surface area contributed by atoms with Crippen molar-refractivity contribution in [1.82, 2.24) is 9.55 Å². The highest BCUT2D eigenvalue weighted by molar-refractivity contribution is 9.10. The monoisotopic (exact) mass is 416 g/mol. The molecule has 0 fully saturated rings. The summed E-state index contributed by atoms with van der Waals surface area (Å²) in [6, 6.07) is 12.1. The third-order valence-electron chi connectivity index (χ3n) is 3.77. The number of hydrogen-bond acceptors (Lipinski definition) is 4. The Labute approximate surface area is 158 Å². The van der Waals surface area contributed by atoms with Gasteiger partial charge in [-0.05, 0) is 43.3 Å². The maximum absolute atomic E-state index is 12.2. The topological polar surface area (TPSA) is 99.2 Å². The first-order chi connectivity index (χ1) is 12.5. The fraction of sp³-hybridized carbons (Fsp3) is 0.167. The maximum Gasteiger partial charge on any atom is 0.264 e. The van der Waals surface area contributed by atoms with Crippen LogP contribution in [0.3, 0.4) is 0 Å². The molecule has 8 heteroatoms. The van der Waals surface area contributed by atoms with Crippen molar-refractivity contribution >= 4 is 44.7 Å². The molecule has 26 heavy (non-hydrogen) atoms. The van der Waals surface area contributed by atoms with Crippen molar-refractivity contribution < 1.29 is 14.3 Å². The smallest absolute Gasteiger partial charge is 0.264 e. The van der Waals surface area contributed by atoms with E-state index < -0.39 is 5.91 Å². The molecule has 0 atom stereocenters. The van der Waals surface area contributed by atoms with Crippen LogP contribution in [0, 0.1) is 0 Å². The Morgan fingerprint density at radius 3 is 2.81 bits per heavy atom. The Kier molecular flexibility index (Phi) is 5.22. The SMILES string of the molecule is CCn1c(NC(=O)COc2cccc(C(N)=O)c2)nc2cc(Br)ccc21. The number of nitrogens with one attached hydrogen (secondary N) is 1. The number of nitrogens with two attached hydrogens (primary N) is 1. The minimum absolute atomic E-state index is 0.209. The number of anilines is 1. The van der Waals surface area contributed by atoms with Crippen LogP contribution in [0.5, 0.6) is 5.75 Å². The van der Waals surface area contributed by atoms with Crippen LogP contribution < -0.4 is 15.8 Å². The maximum atomic E-state index is 12.2. The number of carbonyl (C=O) groups excluding carboxylic acids is 2. The summed E-state index contributed by atoms with van der Waals surface area (Å²) >= 11 is 3.42. The summed E-state index contributed by atoms with van der Waals surface area (Å²) in [6.45, 7) is 2.43. The minimum Gasteiger partial charge on any atom is -0.484 e. The molecule has 3 N–H and O–H groups in total. The summed E-state index contributed by atoms with van der Waals surface area (Å²) in [5, 5.41) is 2.76. The molecule has 0 saturated carbocycles. The Morgan fingerprint density at radius 1 is 1.27 bits per heavy atom. The van der Waals surface area contributed by atoms with E-state index in [2.05, 4.69) is 26.2 Å². The molecule has 3 rings (SSSR count). The van der Waals surface area contributed by atoms with Crippen LogP contribution in [0.25, 0.3) is 11.0 Å². The number of benzene rings is 2. The zero-order valence-corrected chi connectivity index (χ0v) is 15.6. The molecule has 3 aromatic rings. The van der Waals surface area contributed by atoms with Crippen molar-refractivity contribution in [2.45, 2.75) is 13.5 Å². The van der Waals surface area contributed by atoms with Gasteiger partial charge in [0.25, 0.3) is 5.91 Å². The Bertz CT molecular complexity index is 984. The molecule has 7 nitrogen and oxygen atoms in total. The van der Waals surface area contributed by atoms with Crippen molar-refractivity contribution in [1.29, 1.82) is 0 Å². The van der Waals surface area contributed by atoms with E-state index in [9.17, 15) is 9.59 Å². The highest BCUT2D eigenvalue weighted by atomic mass is 79.9. The van der Waals surface area contributed by atoms with E-state index in [0.717, 1.165) is 15.5 Å². The average Bonchev–Trinajstić information content (AvgIpc) is 2.96. The summed E-state index contributed by atoms with van der Waals surface area (Å²) in [5.74, 6) is -0.0502. The van der Waals surface area contributed by atoms with Crippen LogP contribution in [-0.2, 0) is 11.3 Å². The van der Waals surface area contributed by atoms with Crippen molar-refractivity contribution in [3.05, 3.63) is 52.5 Å². The molecule has 0 radical (unpaired) electrons. The van der Waals surface area contributed by atoms with Gasteiger partial charge in [0.15, 0.2) is 6.61 Å². The highest BCUT2D eigenvalue weighted by Gasteiger charge is 2.13. The normalized spacial score (nSPS) is 10.7. The van der Waals surface area contributed by atoms with Gasteiger partial charge >= 0.3 is 0 Å². The third kappa shape index (κ3) is 3.85. The summed E-state index contributed by atoms with van der Waals surface area (Å²) in [4.78, 5) is 27.9.